The van der Waals surface area contributed by atoms with Gasteiger partial charge in [-0.2, -0.15) is 9.67 Å². The number of amides is 1. The van der Waals surface area contributed by atoms with Crippen LogP contribution in [0, 0.1) is 10.1 Å². The van der Waals surface area contributed by atoms with Crippen LogP contribution in [0.3, 0.4) is 0 Å². The van der Waals surface area contributed by atoms with E-state index in [1.54, 1.807) is 41.0 Å². The number of benzene rings is 3. The minimum absolute atomic E-state index is 0.00978. The van der Waals surface area contributed by atoms with Crippen molar-refractivity contribution in [3.05, 3.63) is 107 Å². The van der Waals surface area contributed by atoms with Crippen molar-refractivity contribution in [1.29, 1.82) is 0 Å². The molecule has 0 spiro atoms. The van der Waals surface area contributed by atoms with Gasteiger partial charge in [-0.05, 0) is 41.9 Å². The fraction of sp³-hybridized carbons (Fsp3) is 0.0769. The number of allylic oxidation sites excluding steroid dienone is 1. The van der Waals surface area contributed by atoms with E-state index in [9.17, 15) is 20.0 Å². The molecular formula is C26H22N6O4S. The molecule has 0 radical (unpaired) electrons. The number of non-ortho nitro benzene ring substituents is 1. The van der Waals surface area contributed by atoms with Gasteiger partial charge in [-0.15, -0.1) is 11.7 Å². The van der Waals surface area contributed by atoms with E-state index in [-0.39, 0.29) is 17.2 Å². The van der Waals surface area contributed by atoms with E-state index in [1.807, 2.05) is 30.3 Å². The molecule has 0 fully saturated rings. The van der Waals surface area contributed by atoms with Crippen LogP contribution >= 0.6 is 11.8 Å². The van der Waals surface area contributed by atoms with Crippen LogP contribution in [0.4, 0.5) is 5.69 Å². The molecule has 1 heterocycles. The van der Waals surface area contributed by atoms with Gasteiger partial charge in [0.2, 0.25) is 0 Å². The number of nitro benzene ring substituents is 1. The van der Waals surface area contributed by atoms with Gasteiger partial charge in [0.05, 0.1) is 27.6 Å². The molecule has 1 amide bonds. The van der Waals surface area contributed by atoms with Crippen LogP contribution in [0.2, 0.25) is 0 Å². The Bertz CT molecular complexity index is 1470. The highest BCUT2D eigenvalue weighted by Crippen LogP contribution is 2.24. The summed E-state index contributed by atoms with van der Waals surface area (Å²) in [6, 6.07) is 20.6. The van der Waals surface area contributed by atoms with Gasteiger partial charge in [0.1, 0.15) is 5.69 Å². The monoisotopic (exact) mass is 514 g/mol. The first-order valence-corrected chi connectivity index (χ1v) is 12.1. The zero-order valence-corrected chi connectivity index (χ0v) is 20.4. The first-order chi connectivity index (χ1) is 18.0. The molecular weight excluding hydrogens is 492 g/mol. The van der Waals surface area contributed by atoms with Gasteiger partial charge in [0, 0.05) is 12.1 Å². The number of aromatic amines is 1. The number of rotatable bonds is 10. The zero-order valence-electron chi connectivity index (χ0n) is 19.5. The SMILES string of the molecule is C=CCc1cccc(/C=N/NC(=O)CSc2n[nH]c(-c3cccc([N+](=O)[O-])c3)[n+]2-c2ccccc2)c1[O-]. The summed E-state index contributed by atoms with van der Waals surface area (Å²) in [6.07, 6.45) is 3.42. The Morgan fingerprint density at radius 2 is 1.95 bits per heavy atom. The molecule has 0 bridgehead atoms. The van der Waals surface area contributed by atoms with Gasteiger partial charge in [-0.25, -0.2) is 5.43 Å². The van der Waals surface area contributed by atoms with E-state index in [1.165, 1.54) is 18.3 Å². The summed E-state index contributed by atoms with van der Waals surface area (Å²) >= 11 is 1.16. The van der Waals surface area contributed by atoms with Crippen molar-refractivity contribution in [3.8, 4) is 22.8 Å². The summed E-state index contributed by atoms with van der Waals surface area (Å²) in [5.41, 5.74) is 4.68. The first kappa shape index (κ1) is 25.3. The smallest absolute Gasteiger partial charge is 0.342 e. The van der Waals surface area contributed by atoms with E-state index in [0.29, 0.717) is 34.1 Å². The third kappa shape index (κ3) is 6.08. The van der Waals surface area contributed by atoms with Gasteiger partial charge >= 0.3 is 5.16 Å². The number of hydrogen-bond donors (Lipinski definition) is 2. The van der Waals surface area contributed by atoms with Crippen molar-refractivity contribution in [2.24, 2.45) is 5.10 Å². The van der Waals surface area contributed by atoms with Gasteiger partial charge in [-0.1, -0.05) is 59.9 Å². The van der Waals surface area contributed by atoms with E-state index >= 15 is 0 Å². The molecule has 4 aromatic rings. The standard InChI is InChI=1S/C26H22N6O4S/c1-2-8-18-9-6-11-20(24(18)34)16-27-28-23(33)17-37-26-30-29-25(31(26)21-12-4-3-5-13-21)19-10-7-14-22(15-19)32(35)36/h2-7,9-16H,1,8,17H2,(H2,27,28,33,34). The van der Waals surface area contributed by atoms with Gasteiger partial charge in [-0.3, -0.25) is 14.9 Å². The molecule has 0 saturated carbocycles. The molecule has 4 rings (SSSR count). The topological polar surface area (TPSA) is 140 Å². The minimum Gasteiger partial charge on any atom is -0.872 e. The van der Waals surface area contributed by atoms with Crippen LogP contribution in [0.1, 0.15) is 11.1 Å². The van der Waals surface area contributed by atoms with Crippen LogP contribution in [0.15, 0.2) is 95.7 Å². The molecule has 0 saturated heterocycles. The molecule has 0 aliphatic carbocycles. The van der Waals surface area contributed by atoms with E-state index in [0.717, 1.165) is 17.4 Å². The van der Waals surface area contributed by atoms with Crippen molar-refractivity contribution >= 4 is 29.6 Å². The quantitative estimate of drug-likeness (QED) is 0.0831. The number of hydrogen-bond acceptors (Lipinski definition) is 7. The molecule has 0 aliphatic rings. The molecule has 1 aromatic heterocycles. The van der Waals surface area contributed by atoms with E-state index in [2.05, 4.69) is 27.3 Å². The highest BCUT2D eigenvalue weighted by molar-refractivity contribution is 7.99. The Kier molecular flexibility index (Phi) is 8.06. The highest BCUT2D eigenvalue weighted by atomic mass is 32.2. The second kappa shape index (κ2) is 11.8. The van der Waals surface area contributed by atoms with Gasteiger partial charge in [0.25, 0.3) is 17.4 Å². The molecule has 186 valence electrons. The summed E-state index contributed by atoms with van der Waals surface area (Å²) < 4.78 is 1.79. The Morgan fingerprint density at radius 3 is 2.70 bits per heavy atom. The number of nitrogens with zero attached hydrogens (tertiary/aromatic N) is 4. The predicted molar refractivity (Wildman–Crippen MR) is 138 cm³/mol. The summed E-state index contributed by atoms with van der Waals surface area (Å²) in [6.45, 7) is 3.64. The third-order valence-electron chi connectivity index (χ3n) is 5.23. The molecule has 11 heteroatoms. The second-order valence-electron chi connectivity index (χ2n) is 7.74. The lowest BCUT2D eigenvalue weighted by Gasteiger charge is -2.15. The summed E-state index contributed by atoms with van der Waals surface area (Å²) in [7, 11) is 0. The highest BCUT2D eigenvalue weighted by Gasteiger charge is 2.25. The van der Waals surface area contributed by atoms with Crippen molar-refractivity contribution in [3.63, 3.8) is 0 Å². The lowest BCUT2D eigenvalue weighted by atomic mass is 10.1. The second-order valence-corrected chi connectivity index (χ2v) is 8.69. The Morgan fingerprint density at radius 1 is 1.16 bits per heavy atom. The van der Waals surface area contributed by atoms with E-state index in [4.69, 9.17) is 0 Å². The molecule has 0 unspecified atom stereocenters. The van der Waals surface area contributed by atoms with Crippen LogP contribution in [0.25, 0.3) is 17.1 Å². The van der Waals surface area contributed by atoms with Crippen LogP contribution in [-0.2, 0) is 11.2 Å². The number of H-pyrrole nitrogens is 1. The van der Waals surface area contributed by atoms with Gasteiger partial charge < -0.3 is 5.11 Å². The summed E-state index contributed by atoms with van der Waals surface area (Å²) in [5.74, 6) is -0.0398. The maximum Gasteiger partial charge on any atom is 0.342 e. The predicted octanol–water partition coefficient (Wildman–Crippen LogP) is 3.31. The largest absolute Gasteiger partial charge is 0.872 e. The number of hydrazone groups is 1. The summed E-state index contributed by atoms with van der Waals surface area (Å²) in [5, 5.41) is 35.3. The Balaban J connectivity index is 1.51. The fourth-order valence-electron chi connectivity index (χ4n) is 3.53. The first-order valence-electron chi connectivity index (χ1n) is 11.1. The van der Waals surface area contributed by atoms with Crippen LogP contribution < -0.4 is 15.1 Å². The number of aromatic nitrogens is 3. The van der Waals surface area contributed by atoms with Crippen LogP contribution in [-0.4, -0.2) is 33.0 Å². The molecule has 3 aromatic carbocycles. The van der Waals surface area contributed by atoms with Gasteiger partial charge in [0.15, 0.2) is 0 Å². The summed E-state index contributed by atoms with van der Waals surface area (Å²) in [4.78, 5) is 23.2. The number of nitrogens with one attached hydrogen (secondary N) is 2. The normalized spacial score (nSPS) is 10.9. The maximum absolute atomic E-state index is 12.4. The molecule has 37 heavy (non-hydrogen) atoms. The lowest BCUT2D eigenvalue weighted by molar-refractivity contribution is -0.625. The fourth-order valence-corrected chi connectivity index (χ4v) is 4.29. The van der Waals surface area contributed by atoms with Crippen molar-refractivity contribution < 1.29 is 19.4 Å². The van der Waals surface area contributed by atoms with E-state index < -0.39 is 10.8 Å². The van der Waals surface area contributed by atoms with Crippen LogP contribution in [0.5, 0.6) is 5.75 Å². The average Bonchev–Trinajstić information content (AvgIpc) is 3.34. The van der Waals surface area contributed by atoms with Crippen molar-refractivity contribution in [2.45, 2.75) is 11.6 Å². The number of para-hydroxylation sites is 2. The molecule has 0 atom stereocenters. The van der Waals surface area contributed by atoms with Crippen molar-refractivity contribution in [2.75, 3.05) is 5.75 Å². The number of nitro groups is 1. The zero-order chi connectivity index (χ0) is 26.2. The minimum atomic E-state index is -0.460. The maximum atomic E-state index is 12.4. The molecule has 2 N–H and O–H groups in total. The number of carbonyl (C=O) groups is 1. The lowest BCUT2D eigenvalue weighted by Crippen LogP contribution is -2.34. The average molecular weight is 515 g/mol. The Hall–Kier alpha value is -4.77. The molecule has 0 aliphatic heterocycles. The Labute approximate surface area is 216 Å². The third-order valence-corrected chi connectivity index (χ3v) is 6.17. The number of carbonyl (C=O) groups excluding carboxylic acids is 1. The van der Waals surface area contributed by atoms with Crippen molar-refractivity contribution in [1.82, 2.24) is 15.6 Å². The number of thioether (sulfide) groups is 1. The molecule has 10 nitrogen and oxygen atoms in total.